The zero-order chi connectivity index (χ0) is 15.3. The second-order valence-corrected chi connectivity index (χ2v) is 7.01. The molecule has 0 saturated carbocycles. The molecule has 0 radical (unpaired) electrons. The maximum Gasteiger partial charge on any atom is 0.0554 e. The van der Waals surface area contributed by atoms with E-state index < -0.39 is 0 Å². The molecular formula is C19H17Cl2N. The second kappa shape index (κ2) is 5.33. The van der Waals surface area contributed by atoms with Crippen molar-refractivity contribution in [2.75, 3.05) is 5.32 Å². The number of benzene rings is 2. The zero-order valence-electron chi connectivity index (χ0n) is 12.3. The maximum atomic E-state index is 6.33. The summed E-state index contributed by atoms with van der Waals surface area (Å²) < 4.78 is 0. The van der Waals surface area contributed by atoms with E-state index in [9.17, 15) is 0 Å². The van der Waals surface area contributed by atoms with Gasteiger partial charge in [0.25, 0.3) is 0 Å². The highest BCUT2D eigenvalue weighted by atomic mass is 35.5. The Hall–Kier alpha value is -1.44. The van der Waals surface area contributed by atoms with Crippen LogP contribution < -0.4 is 5.32 Å². The van der Waals surface area contributed by atoms with Crippen LogP contribution in [-0.4, -0.2) is 0 Å². The SMILES string of the molecule is Cc1c(Cl)ccc2c1N[C@H](c1ccc(Cl)cc1)[C@@H]1CC=C[C@@H]21. The van der Waals surface area contributed by atoms with Crippen LogP contribution >= 0.6 is 23.2 Å². The topological polar surface area (TPSA) is 12.0 Å². The van der Waals surface area contributed by atoms with Crippen molar-refractivity contribution in [1.29, 1.82) is 0 Å². The molecule has 22 heavy (non-hydrogen) atoms. The molecule has 0 fully saturated rings. The Morgan fingerprint density at radius 2 is 1.82 bits per heavy atom. The van der Waals surface area contributed by atoms with Gasteiger partial charge >= 0.3 is 0 Å². The molecule has 1 N–H and O–H groups in total. The lowest BCUT2D eigenvalue weighted by molar-refractivity contribution is 0.425. The Labute approximate surface area is 140 Å². The van der Waals surface area contributed by atoms with Gasteiger partial charge in [0.15, 0.2) is 0 Å². The van der Waals surface area contributed by atoms with E-state index >= 15 is 0 Å². The highest BCUT2D eigenvalue weighted by Crippen LogP contribution is 2.51. The molecule has 1 aliphatic heterocycles. The molecule has 4 rings (SSSR count). The van der Waals surface area contributed by atoms with Gasteiger partial charge in [-0.05, 0) is 54.2 Å². The molecule has 0 amide bonds. The summed E-state index contributed by atoms with van der Waals surface area (Å²) in [4.78, 5) is 0. The van der Waals surface area contributed by atoms with Crippen LogP contribution in [0.4, 0.5) is 5.69 Å². The van der Waals surface area contributed by atoms with Crippen molar-refractivity contribution < 1.29 is 0 Å². The molecule has 2 aromatic carbocycles. The minimum Gasteiger partial charge on any atom is -0.377 e. The largest absolute Gasteiger partial charge is 0.377 e. The predicted molar refractivity (Wildman–Crippen MR) is 94.0 cm³/mol. The van der Waals surface area contributed by atoms with Crippen LogP contribution in [0.5, 0.6) is 0 Å². The molecule has 1 heterocycles. The number of halogens is 2. The summed E-state index contributed by atoms with van der Waals surface area (Å²) in [6.45, 7) is 2.09. The summed E-state index contributed by atoms with van der Waals surface area (Å²) in [6, 6.07) is 12.7. The fourth-order valence-corrected chi connectivity index (χ4v) is 4.07. The van der Waals surface area contributed by atoms with Crippen LogP contribution in [0.1, 0.15) is 35.1 Å². The number of allylic oxidation sites excluding steroid dienone is 2. The average molecular weight is 330 g/mol. The first-order valence-electron chi connectivity index (χ1n) is 7.63. The van der Waals surface area contributed by atoms with Gasteiger partial charge in [-0.1, -0.05) is 53.6 Å². The fraction of sp³-hybridized carbons (Fsp3) is 0.263. The van der Waals surface area contributed by atoms with E-state index in [2.05, 4.69) is 42.6 Å². The van der Waals surface area contributed by atoms with Crippen LogP contribution in [0.15, 0.2) is 48.6 Å². The molecule has 3 atom stereocenters. The summed E-state index contributed by atoms with van der Waals surface area (Å²) in [5.74, 6) is 1.02. The number of rotatable bonds is 1. The number of anilines is 1. The molecule has 3 heteroatoms. The molecule has 2 aliphatic rings. The van der Waals surface area contributed by atoms with E-state index in [0.717, 1.165) is 22.0 Å². The summed E-state index contributed by atoms with van der Waals surface area (Å²) in [7, 11) is 0. The number of nitrogens with one attached hydrogen (secondary N) is 1. The van der Waals surface area contributed by atoms with Gasteiger partial charge < -0.3 is 5.32 Å². The molecule has 0 unspecified atom stereocenters. The van der Waals surface area contributed by atoms with E-state index in [1.165, 1.54) is 16.8 Å². The minimum absolute atomic E-state index is 0.293. The second-order valence-electron chi connectivity index (χ2n) is 6.16. The van der Waals surface area contributed by atoms with Crippen molar-refractivity contribution in [1.82, 2.24) is 0 Å². The van der Waals surface area contributed by atoms with Gasteiger partial charge in [-0.15, -0.1) is 0 Å². The van der Waals surface area contributed by atoms with Gasteiger partial charge in [0, 0.05) is 21.7 Å². The first-order valence-corrected chi connectivity index (χ1v) is 8.38. The van der Waals surface area contributed by atoms with Crippen LogP contribution in [0.3, 0.4) is 0 Å². The Morgan fingerprint density at radius 1 is 1.05 bits per heavy atom. The lowest BCUT2D eigenvalue weighted by Crippen LogP contribution is -2.29. The standard InChI is InChI=1S/C19H17Cl2N/c1-11-17(21)10-9-16-14-3-2-4-15(14)19(22-18(11)16)12-5-7-13(20)8-6-12/h2-3,5-10,14-15,19,22H,4H2,1H3/t14-,15-,19-/m1/s1. The van der Waals surface area contributed by atoms with E-state index in [-0.39, 0.29) is 0 Å². The number of hydrogen-bond donors (Lipinski definition) is 1. The Bertz CT molecular complexity index is 749. The fourth-order valence-electron chi connectivity index (χ4n) is 3.79. The normalized spacial score (nSPS) is 25.5. The maximum absolute atomic E-state index is 6.33. The summed E-state index contributed by atoms with van der Waals surface area (Å²) in [5.41, 5.74) is 4.98. The van der Waals surface area contributed by atoms with Gasteiger partial charge in [-0.2, -0.15) is 0 Å². The monoisotopic (exact) mass is 329 g/mol. The molecular weight excluding hydrogens is 313 g/mol. The lowest BCUT2D eigenvalue weighted by atomic mass is 9.76. The van der Waals surface area contributed by atoms with Gasteiger partial charge in [0.05, 0.1) is 6.04 Å². The van der Waals surface area contributed by atoms with Gasteiger partial charge in [-0.3, -0.25) is 0 Å². The quantitative estimate of drug-likeness (QED) is 0.620. The van der Waals surface area contributed by atoms with Crippen molar-refractivity contribution in [2.24, 2.45) is 5.92 Å². The molecule has 0 spiro atoms. The van der Waals surface area contributed by atoms with Crippen LogP contribution in [-0.2, 0) is 0 Å². The Morgan fingerprint density at radius 3 is 2.59 bits per heavy atom. The Balaban J connectivity index is 1.82. The summed E-state index contributed by atoms with van der Waals surface area (Å²) >= 11 is 12.4. The van der Waals surface area contributed by atoms with E-state index in [1.54, 1.807) is 0 Å². The minimum atomic E-state index is 0.293. The highest BCUT2D eigenvalue weighted by molar-refractivity contribution is 6.31. The third-order valence-corrected chi connectivity index (χ3v) is 5.62. The van der Waals surface area contributed by atoms with Crippen molar-refractivity contribution in [3.05, 3.63) is 75.3 Å². The van der Waals surface area contributed by atoms with Crippen molar-refractivity contribution in [3.8, 4) is 0 Å². The first kappa shape index (κ1) is 14.2. The smallest absolute Gasteiger partial charge is 0.0554 e. The predicted octanol–water partition coefficient (Wildman–Crippen LogP) is 6.13. The van der Waals surface area contributed by atoms with Crippen LogP contribution in [0.2, 0.25) is 10.0 Å². The molecule has 0 saturated heterocycles. The van der Waals surface area contributed by atoms with E-state index in [4.69, 9.17) is 23.2 Å². The van der Waals surface area contributed by atoms with Crippen molar-refractivity contribution in [2.45, 2.75) is 25.3 Å². The molecule has 0 bridgehead atoms. The Kier molecular flexibility index (Phi) is 3.43. The summed E-state index contributed by atoms with van der Waals surface area (Å²) in [6.07, 6.45) is 5.76. The third-order valence-electron chi connectivity index (χ3n) is 4.96. The number of hydrogen-bond acceptors (Lipinski definition) is 1. The highest BCUT2D eigenvalue weighted by Gasteiger charge is 2.38. The zero-order valence-corrected chi connectivity index (χ0v) is 13.8. The molecule has 1 nitrogen and oxygen atoms in total. The third kappa shape index (κ3) is 2.15. The van der Waals surface area contributed by atoms with Gasteiger partial charge in [0.2, 0.25) is 0 Å². The molecule has 1 aliphatic carbocycles. The molecule has 2 aromatic rings. The van der Waals surface area contributed by atoms with E-state index in [0.29, 0.717) is 17.9 Å². The summed E-state index contributed by atoms with van der Waals surface area (Å²) in [5, 5.41) is 5.34. The first-order chi connectivity index (χ1) is 10.6. The van der Waals surface area contributed by atoms with Crippen LogP contribution in [0, 0.1) is 12.8 Å². The van der Waals surface area contributed by atoms with E-state index in [1.807, 2.05) is 18.2 Å². The van der Waals surface area contributed by atoms with Crippen molar-refractivity contribution >= 4 is 28.9 Å². The van der Waals surface area contributed by atoms with Crippen LogP contribution in [0.25, 0.3) is 0 Å². The van der Waals surface area contributed by atoms with Crippen molar-refractivity contribution in [3.63, 3.8) is 0 Å². The van der Waals surface area contributed by atoms with Gasteiger partial charge in [0.1, 0.15) is 0 Å². The molecule has 0 aromatic heterocycles. The molecule has 112 valence electrons. The average Bonchev–Trinajstić information content (AvgIpc) is 3.01. The number of fused-ring (bicyclic) bond motifs is 3. The van der Waals surface area contributed by atoms with Gasteiger partial charge in [-0.25, -0.2) is 0 Å². The lowest BCUT2D eigenvalue weighted by Gasteiger charge is -2.38.